The quantitative estimate of drug-likeness (QED) is 0.803. The Morgan fingerprint density at radius 2 is 1.75 bits per heavy atom. The van der Waals surface area contributed by atoms with Crippen LogP contribution in [0.4, 0.5) is 18.9 Å². The SMILES string of the molecule is O=C(CF)C(F)(F)C(=O)Nc1ccccc1. The molecular formula is C10H8F3NO2. The van der Waals surface area contributed by atoms with Gasteiger partial charge in [-0.05, 0) is 12.1 Å². The third-order valence-corrected chi connectivity index (χ3v) is 1.79. The summed E-state index contributed by atoms with van der Waals surface area (Å²) in [6, 6.07) is 7.40. The number of benzene rings is 1. The zero-order chi connectivity index (χ0) is 12.2. The number of halogens is 3. The number of alkyl halides is 3. The molecule has 0 aromatic heterocycles. The zero-order valence-corrected chi connectivity index (χ0v) is 8.04. The van der Waals surface area contributed by atoms with Gasteiger partial charge in [0.25, 0.3) is 0 Å². The molecule has 1 N–H and O–H groups in total. The molecule has 86 valence electrons. The number of amides is 1. The van der Waals surface area contributed by atoms with Gasteiger partial charge in [-0.25, -0.2) is 4.39 Å². The lowest BCUT2D eigenvalue weighted by Gasteiger charge is -2.12. The van der Waals surface area contributed by atoms with E-state index in [1.807, 2.05) is 5.32 Å². The summed E-state index contributed by atoms with van der Waals surface area (Å²) in [5.41, 5.74) is 0.110. The molecule has 6 heteroatoms. The molecule has 0 unspecified atom stereocenters. The molecule has 0 heterocycles. The lowest BCUT2D eigenvalue weighted by molar-refractivity contribution is -0.155. The molecular weight excluding hydrogens is 223 g/mol. The monoisotopic (exact) mass is 231 g/mol. The van der Waals surface area contributed by atoms with E-state index in [0.717, 1.165) is 0 Å². The molecule has 0 spiro atoms. The van der Waals surface area contributed by atoms with Gasteiger partial charge in [-0.2, -0.15) is 8.78 Å². The van der Waals surface area contributed by atoms with E-state index in [4.69, 9.17) is 0 Å². The van der Waals surface area contributed by atoms with Crippen molar-refractivity contribution in [3.8, 4) is 0 Å². The highest BCUT2D eigenvalue weighted by atomic mass is 19.3. The third-order valence-electron chi connectivity index (χ3n) is 1.79. The predicted octanol–water partition coefficient (Wildman–Crippen LogP) is 1.80. The smallest absolute Gasteiger partial charge is 0.320 e. The molecule has 16 heavy (non-hydrogen) atoms. The zero-order valence-electron chi connectivity index (χ0n) is 8.04. The first-order chi connectivity index (χ1) is 7.48. The van der Waals surface area contributed by atoms with Crippen LogP contribution in [-0.4, -0.2) is 24.3 Å². The van der Waals surface area contributed by atoms with E-state index in [1.165, 1.54) is 24.3 Å². The molecule has 1 aromatic carbocycles. The number of carbonyl (C=O) groups is 2. The lowest BCUT2D eigenvalue weighted by atomic mass is 10.2. The van der Waals surface area contributed by atoms with Crippen molar-refractivity contribution < 1.29 is 22.8 Å². The van der Waals surface area contributed by atoms with Crippen molar-refractivity contribution >= 4 is 17.4 Å². The Morgan fingerprint density at radius 3 is 2.25 bits per heavy atom. The first-order valence-electron chi connectivity index (χ1n) is 4.32. The first-order valence-corrected chi connectivity index (χ1v) is 4.32. The van der Waals surface area contributed by atoms with Crippen LogP contribution in [0.5, 0.6) is 0 Å². The summed E-state index contributed by atoms with van der Waals surface area (Å²) >= 11 is 0. The second kappa shape index (κ2) is 4.78. The fourth-order valence-corrected chi connectivity index (χ4v) is 0.942. The average Bonchev–Trinajstić information content (AvgIpc) is 2.29. The number of nitrogens with one attached hydrogen (secondary N) is 1. The number of carbonyl (C=O) groups excluding carboxylic acids is 2. The maximum atomic E-state index is 12.9. The van der Waals surface area contributed by atoms with Crippen molar-refractivity contribution in [2.45, 2.75) is 5.92 Å². The number of rotatable bonds is 4. The lowest BCUT2D eigenvalue weighted by Crippen LogP contribution is -2.42. The van der Waals surface area contributed by atoms with Gasteiger partial charge in [0, 0.05) is 5.69 Å². The number of anilines is 1. The largest absolute Gasteiger partial charge is 0.384 e. The van der Waals surface area contributed by atoms with Crippen LogP contribution in [0.3, 0.4) is 0 Å². The third kappa shape index (κ3) is 2.59. The summed E-state index contributed by atoms with van der Waals surface area (Å²) < 4.78 is 37.6. The Kier molecular flexibility index (Phi) is 3.65. The van der Waals surface area contributed by atoms with Crippen molar-refractivity contribution in [1.29, 1.82) is 0 Å². The van der Waals surface area contributed by atoms with Gasteiger partial charge in [-0.1, -0.05) is 18.2 Å². The van der Waals surface area contributed by atoms with Crippen LogP contribution in [0.2, 0.25) is 0 Å². The van der Waals surface area contributed by atoms with Crippen molar-refractivity contribution in [3.05, 3.63) is 30.3 Å². The molecule has 0 saturated heterocycles. The van der Waals surface area contributed by atoms with Crippen molar-refractivity contribution in [2.24, 2.45) is 0 Å². The molecule has 0 bridgehead atoms. The van der Waals surface area contributed by atoms with Gasteiger partial charge in [0.05, 0.1) is 0 Å². The molecule has 1 aromatic rings. The highest BCUT2D eigenvalue weighted by Gasteiger charge is 2.46. The first kappa shape index (κ1) is 12.2. The van der Waals surface area contributed by atoms with Crippen LogP contribution in [0.1, 0.15) is 0 Å². The Labute approximate surface area is 89.3 Å². The molecule has 0 aliphatic carbocycles. The standard InChI is InChI=1S/C10H8F3NO2/c11-6-8(15)10(12,13)9(16)14-7-4-2-1-3-5-7/h1-5H,6H2,(H,14,16). The van der Waals surface area contributed by atoms with Crippen LogP contribution >= 0.6 is 0 Å². The molecule has 0 atom stereocenters. The maximum Gasteiger partial charge on any atom is 0.384 e. The van der Waals surface area contributed by atoms with Crippen molar-refractivity contribution in [3.63, 3.8) is 0 Å². The van der Waals surface area contributed by atoms with Gasteiger partial charge in [0.1, 0.15) is 0 Å². The Balaban J connectivity index is 2.76. The molecule has 0 fully saturated rings. The summed E-state index contributed by atoms with van der Waals surface area (Å²) in [5, 5.41) is 1.82. The van der Waals surface area contributed by atoms with E-state index >= 15 is 0 Å². The minimum absolute atomic E-state index is 0.110. The van der Waals surface area contributed by atoms with E-state index in [2.05, 4.69) is 0 Å². The minimum atomic E-state index is -4.34. The normalized spacial score (nSPS) is 10.9. The van der Waals surface area contributed by atoms with Crippen LogP contribution < -0.4 is 5.32 Å². The molecule has 1 rings (SSSR count). The minimum Gasteiger partial charge on any atom is -0.320 e. The van der Waals surface area contributed by atoms with Gasteiger partial charge in [0.15, 0.2) is 6.67 Å². The van der Waals surface area contributed by atoms with Crippen LogP contribution in [0.15, 0.2) is 30.3 Å². The number of hydrogen-bond acceptors (Lipinski definition) is 2. The molecule has 3 nitrogen and oxygen atoms in total. The highest BCUT2D eigenvalue weighted by molar-refractivity contribution is 6.13. The van der Waals surface area contributed by atoms with E-state index < -0.39 is 24.3 Å². The predicted molar refractivity (Wildman–Crippen MR) is 51.0 cm³/mol. The molecule has 0 saturated carbocycles. The molecule has 0 aliphatic heterocycles. The van der Waals surface area contributed by atoms with Crippen molar-refractivity contribution in [2.75, 3.05) is 12.0 Å². The second-order valence-corrected chi connectivity index (χ2v) is 2.95. The van der Waals surface area contributed by atoms with Gasteiger partial charge in [0.2, 0.25) is 5.78 Å². The van der Waals surface area contributed by atoms with E-state index in [9.17, 15) is 22.8 Å². The van der Waals surface area contributed by atoms with Gasteiger partial charge < -0.3 is 5.32 Å². The molecule has 0 aliphatic rings. The van der Waals surface area contributed by atoms with Crippen molar-refractivity contribution in [1.82, 2.24) is 0 Å². The van der Waals surface area contributed by atoms with Crippen LogP contribution in [0.25, 0.3) is 0 Å². The summed E-state index contributed by atoms with van der Waals surface area (Å²) in [5.74, 6) is -8.23. The number of para-hydroxylation sites is 1. The second-order valence-electron chi connectivity index (χ2n) is 2.95. The summed E-state index contributed by atoms with van der Waals surface area (Å²) in [6.45, 7) is -1.88. The summed E-state index contributed by atoms with van der Waals surface area (Å²) in [6.07, 6.45) is 0. The maximum absolute atomic E-state index is 12.9. The van der Waals surface area contributed by atoms with E-state index in [1.54, 1.807) is 6.07 Å². The average molecular weight is 231 g/mol. The Morgan fingerprint density at radius 1 is 1.19 bits per heavy atom. The van der Waals surface area contributed by atoms with E-state index in [-0.39, 0.29) is 5.69 Å². The fourth-order valence-electron chi connectivity index (χ4n) is 0.942. The van der Waals surface area contributed by atoms with E-state index in [0.29, 0.717) is 0 Å². The molecule has 0 radical (unpaired) electrons. The van der Waals surface area contributed by atoms with Crippen LogP contribution in [-0.2, 0) is 9.59 Å². The number of Topliss-reactive ketones (excluding diaryl/α,β-unsaturated/α-hetero) is 1. The Hall–Kier alpha value is -1.85. The summed E-state index contributed by atoms with van der Waals surface area (Å²) in [7, 11) is 0. The highest BCUT2D eigenvalue weighted by Crippen LogP contribution is 2.18. The summed E-state index contributed by atoms with van der Waals surface area (Å²) in [4.78, 5) is 21.5. The fraction of sp³-hybridized carbons (Fsp3) is 0.200. The van der Waals surface area contributed by atoms with Gasteiger partial charge in [-0.3, -0.25) is 9.59 Å². The molecule has 1 amide bonds. The Bertz CT molecular complexity index is 392. The topological polar surface area (TPSA) is 46.2 Å². The van der Waals surface area contributed by atoms with Gasteiger partial charge in [-0.15, -0.1) is 0 Å². The number of ketones is 1. The number of hydrogen-bond donors (Lipinski definition) is 1. The van der Waals surface area contributed by atoms with Gasteiger partial charge >= 0.3 is 11.8 Å². The van der Waals surface area contributed by atoms with Crippen LogP contribution in [0, 0.1) is 0 Å².